The van der Waals surface area contributed by atoms with Crippen molar-refractivity contribution in [3.05, 3.63) is 90.8 Å². The lowest BCUT2D eigenvalue weighted by atomic mass is 9.95. The van der Waals surface area contributed by atoms with Crippen LogP contribution in [0.2, 0.25) is 20.2 Å². The minimum atomic E-state index is -5.14. The van der Waals surface area contributed by atoms with Gasteiger partial charge in [-0.25, -0.2) is 14.4 Å². The maximum absolute atomic E-state index is 15.0. The second-order valence-electron chi connectivity index (χ2n) is 7.99. The number of halogens is 11. The van der Waals surface area contributed by atoms with E-state index in [-0.39, 0.29) is 44.0 Å². The van der Waals surface area contributed by atoms with E-state index in [1.807, 2.05) is 0 Å². The fraction of sp³-hybridized carbons (Fsp3) is 0.208. The van der Waals surface area contributed by atoms with E-state index in [1.54, 1.807) is 0 Å². The number of allylic oxidation sites excluding steroid dienone is 1. The first kappa shape index (κ1) is 30.9. The van der Waals surface area contributed by atoms with Crippen LogP contribution in [0, 0.1) is 6.92 Å². The van der Waals surface area contributed by atoms with Gasteiger partial charge in [-0.05, 0) is 36.8 Å². The molecule has 0 aliphatic carbocycles. The molecule has 0 amide bonds. The Balaban J connectivity index is 1.98. The number of carbonyl (C=O) groups excluding carboxylic acids is 1. The zero-order valence-electron chi connectivity index (χ0n) is 19.3. The zero-order chi connectivity index (χ0) is 29.3. The number of rotatable bonds is 7. The van der Waals surface area contributed by atoms with Crippen molar-refractivity contribution in [3.63, 3.8) is 0 Å². The first-order chi connectivity index (χ1) is 18.0. The van der Waals surface area contributed by atoms with Crippen LogP contribution in [-0.4, -0.2) is 28.5 Å². The molecule has 1 heterocycles. The van der Waals surface area contributed by atoms with E-state index in [9.17, 15) is 31.1 Å². The number of anilines is 1. The third kappa shape index (κ3) is 7.75. The average Bonchev–Trinajstić information content (AvgIpc) is 2.81. The predicted octanol–water partition coefficient (Wildman–Crippen LogP) is 9.37. The molecule has 1 N–H and O–H groups in total. The van der Waals surface area contributed by atoms with E-state index < -0.39 is 58.7 Å². The molecule has 39 heavy (non-hydrogen) atoms. The van der Waals surface area contributed by atoms with Crippen LogP contribution in [0.25, 0.3) is 5.83 Å². The van der Waals surface area contributed by atoms with E-state index in [4.69, 9.17) is 46.4 Å². The summed E-state index contributed by atoms with van der Waals surface area (Å²) in [7, 11) is 0. The van der Waals surface area contributed by atoms with Crippen LogP contribution >= 0.6 is 46.4 Å². The summed E-state index contributed by atoms with van der Waals surface area (Å²) in [6, 6.07) is 4.56. The Hall–Kier alpha value is -2.60. The number of nitrogens with zero attached hydrogens (tertiary/aromatic N) is 2. The molecule has 0 aliphatic heterocycles. The monoisotopic (exact) mass is 633 g/mol. The zero-order valence-corrected chi connectivity index (χ0v) is 22.3. The van der Waals surface area contributed by atoms with Crippen molar-refractivity contribution < 1.29 is 35.5 Å². The summed E-state index contributed by atoms with van der Waals surface area (Å²) in [5.74, 6) is -5.01. The number of nitrogens with one attached hydrogen (secondary N) is 1. The summed E-state index contributed by atoms with van der Waals surface area (Å²) in [5, 5.41) is 1.65. The molecular weight excluding hydrogens is 621 g/mol. The molecule has 3 rings (SSSR count). The lowest BCUT2D eigenvalue weighted by Crippen LogP contribution is -2.20. The largest absolute Gasteiger partial charge is 0.417 e. The van der Waals surface area contributed by atoms with Gasteiger partial charge in [0.25, 0.3) is 0 Å². The summed E-state index contributed by atoms with van der Waals surface area (Å²) < 4.78 is 97.7. The van der Waals surface area contributed by atoms with Crippen LogP contribution in [0.5, 0.6) is 0 Å². The van der Waals surface area contributed by atoms with Crippen molar-refractivity contribution in [2.24, 2.45) is 0 Å². The van der Waals surface area contributed by atoms with E-state index in [1.165, 1.54) is 13.0 Å². The van der Waals surface area contributed by atoms with Gasteiger partial charge in [0.1, 0.15) is 28.5 Å². The number of ketones is 1. The number of carbonyl (C=O) groups is 1. The highest BCUT2D eigenvalue weighted by Crippen LogP contribution is 2.43. The predicted molar refractivity (Wildman–Crippen MR) is 135 cm³/mol. The maximum Gasteiger partial charge on any atom is 0.417 e. The van der Waals surface area contributed by atoms with Crippen LogP contribution in [0.3, 0.4) is 0 Å². The molecule has 0 saturated heterocycles. The fourth-order valence-electron chi connectivity index (χ4n) is 3.44. The van der Waals surface area contributed by atoms with Crippen molar-refractivity contribution in [1.82, 2.24) is 9.97 Å². The highest BCUT2D eigenvalue weighted by molar-refractivity contribution is 6.48. The van der Waals surface area contributed by atoms with Gasteiger partial charge in [-0.1, -0.05) is 58.5 Å². The summed E-state index contributed by atoms with van der Waals surface area (Å²) >= 11 is 23.1. The number of aryl methyl sites for hydroxylation is 1. The Labute approximate surface area is 236 Å². The summed E-state index contributed by atoms with van der Waals surface area (Å²) in [6.45, 7) is 0.850. The maximum atomic E-state index is 15.0. The van der Waals surface area contributed by atoms with E-state index in [0.29, 0.717) is 6.07 Å². The molecule has 0 spiro atoms. The summed E-state index contributed by atoms with van der Waals surface area (Å²) in [4.78, 5) is 20.3. The second-order valence-corrected chi connectivity index (χ2v) is 9.57. The number of Topliss-reactive ketones (excluding diaryl/α,β-unsaturated/α-hetero) is 1. The molecule has 0 bridgehead atoms. The molecule has 0 saturated carbocycles. The van der Waals surface area contributed by atoms with Crippen LogP contribution in [0.4, 0.5) is 36.6 Å². The van der Waals surface area contributed by atoms with Gasteiger partial charge in [-0.3, -0.25) is 4.79 Å². The van der Waals surface area contributed by atoms with Crippen molar-refractivity contribution in [2.75, 3.05) is 11.9 Å². The minimum Gasteiger partial charge on any atom is -0.362 e. The molecular formula is C24H14Cl4F7N3O. The quantitative estimate of drug-likeness (QED) is 0.122. The van der Waals surface area contributed by atoms with E-state index in [2.05, 4.69) is 15.3 Å². The molecule has 0 aliphatic rings. The SMILES string of the molecule is Cc1nc(Cl)cc(NCC(=O)c2ccc(/C(F)=C/C(c3cc(Cl)c(Cl)c(Cl)c3)C(F)(F)F)cc2C(F)(F)F)n1. The molecule has 3 aromatic rings. The highest BCUT2D eigenvalue weighted by Gasteiger charge is 2.41. The topological polar surface area (TPSA) is 54.9 Å². The lowest BCUT2D eigenvalue weighted by Gasteiger charge is -2.19. The Morgan fingerprint density at radius 1 is 0.974 bits per heavy atom. The first-order valence-corrected chi connectivity index (χ1v) is 12.1. The van der Waals surface area contributed by atoms with Crippen LogP contribution in [0.1, 0.15) is 38.8 Å². The number of hydrogen-bond acceptors (Lipinski definition) is 4. The van der Waals surface area contributed by atoms with Crippen LogP contribution in [0.15, 0.2) is 42.5 Å². The van der Waals surface area contributed by atoms with Gasteiger partial charge in [0, 0.05) is 17.2 Å². The fourth-order valence-corrected chi connectivity index (χ4v) is 4.27. The Kier molecular flexibility index (Phi) is 9.42. The molecule has 1 unspecified atom stereocenters. The van der Waals surface area contributed by atoms with Gasteiger partial charge in [-0.2, -0.15) is 26.3 Å². The molecule has 0 fully saturated rings. The number of hydrogen-bond donors (Lipinski definition) is 1. The first-order valence-electron chi connectivity index (χ1n) is 10.6. The molecule has 15 heteroatoms. The third-order valence-corrected chi connectivity index (χ3v) is 6.56. The van der Waals surface area contributed by atoms with E-state index >= 15 is 4.39 Å². The molecule has 1 atom stereocenters. The number of benzene rings is 2. The van der Waals surface area contributed by atoms with Gasteiger partial charge in [0.2, 0.25) is 0 Å². The molecule has 0 radical (unpaired) electrons. The number of alkyl halides is 6. The van der Waals surface area contributed by atoms with Gasteiger partial charge < -0.3 is 5.32 Å². The summed E-state index contributed by atoms with van der Waals surface area (Å²) in [5.41, 5.74) is -3.82. The van der Waals surface area contributed by atoms with Crippen molar-refractivity contribution in [2.45, 2.75) is 25.2 Å². The molecule has 208 valence electrons. The number of aromatic nitrogens is 2. The van der Waals surface area contributed by atoms with Crippen LogP contribution < -0.4 is 5.32 Å². The molecule has 4 nitrogen and oxygen atoms in total. The highest BCUT2D eigenvalue weighted by atomic mass is 35.5. The van der Waals surface area contributed by atoms with Crippen molar-refractivity contribution in [1.29, 1.82) is 0 Å². The summed E-state index contributed by atoms with van der Waals surface area (Å²) in [6.07, 6.45) is -10.1. The van der Waals surface area contributed by atoms with Crippen molar-refractivity contribution in [3.8, 4) is 0 Å². The molecule has 2 aromatic carbocycles. The average molecular weight is 635 g/mol. The van der Waals surface area contributed by atoms with E-state index in [0.717, 1.165) is 18.2 Å². The minimum absolute atomic E-state index is 0.0281. The molecule has 1 aromatic heterocycles. The standard InChI is InChI=1S/C24H14Cl4F7N3O/c1-10-37-20(27)8-21(38-10)36-9-19(39)13-3-2-11(4-15(13)24(33,34)35)18(29)7-14(23(30,31)32)12-5-16(25)22(28)17(26)6-12/h2-8,14H,9H2,1H3,(H,36,37,38)/b18-7-. The second kappa shape index (κ2) is 11.9. The van der Waals surface area contributed by atoms with Gasteiger partial charge in [0.05, 0.1) is 27.2 Å². The van der Waals surface area contributed by atoms with Gasteiger partial charge in [-0.15, -0.1) is 0 Å². The smallest absolute Gasteiger partial charge is 0.362 e. The third-order valence-electron chi connectivity index (χ3n) is 5.17. The van der Waals surface area contributed by atoms with Crippen molar-refractivity contribution >= 4 is 63.8 Å². The Bertz CT molecular complexity index is 1400. The lowest BCUT2D eigenvalue weighted by molar-refractivity contribution is -0.140. The van der Waals surface area contributed by atoms with Gasteiger partial charge >= 0.3 is 12.4 Å². The Morgan fingerprint density at radius 2 is 1.59 bits per heavy atom. The van der Waals surface area contributed by atoms with Gasteiger partial charge in [0.15, 0.2) is 5.78 Å². The van der Waals surface area contributed by atoms with Crippen LogP contribution in [-0.2, 0) is 6.18 Å². The Morgan fingerprint density at radius 3 is 2.13 bits per heavy atom. The normalized spacial score (nSPS) is 13.4.